The van der Waals surface area contributed by atoms with Gasteiger partial charge >= 0.3 is 12.0 Å². The van der Waals surface area contributed by atoms with Crippen molar-refractivity contribution in [2.24, 2.45) is 0 Å². The van der Waals surface area contributed by atoms with Crippen LogP contribution in [0.3, 0.4) is 0 Å². The molecule has 1 aliphatic heterocycles. The van der Waals surface area contributed by atoms with Gasteiger partial charge in [0.25, 0.3) is 0 Å². The van der Waals surface area contributed by atoms with Crippen LogP contribution in [0.1, 0.15) is 26.7 Å². The summed E-state index contributed by atoms with van der Waals surface area (Å²) in [5.74, 6) is -1.07. The number of nitrogens with one attached hydrogen (secondary N) is 1. The van der Waals surface area contributed by atoms with Crippen molar-refractivity contribution in [2.75, 3.05) is 32.7 Å². The van der Waals surface area contributed by atoms with Crippen LogP contribution in [0.2, 0.25) is 0 Å². The molecule has 20 heavy (non-hydrogen) atoms. The van der Waals surface area contributed by atoms with Crippen LogP contribution in [-0.2, 0) is 4.79 Å². The first-order chi connectivity index (χ1) is 9.49. The van der Waals surface area contributed by atoms with E-state index in [0.717, 1.165) is 26.1 Å². The molecule has 0 aromatic heterocycles. The first-order valence-corrected chi connectivity index (χ1v) is 7.17. The Bertz CT molecular complexity index is 334. The molecule has 7 heteroatoms. The molecule has 2 unspecified atom stereocenters. The fraction of sp³-hybridized carbons (Fsp3) is 0.846. The third-order valence-electron chi connectivity index (χ3n) is 3.65. The van der Waals surface area contributed by atoms with Crippen LogP contribution in [0.5, 0.6) is 0 Å². The summed E-state index contributed by atoms with van der Waals surface area (Å²) >= 11 is 0. The molecule has 1 rings (SSSR count). The second kappa shape index (κ2) is 8.06. The number of amides is 2. The molecule has 1 fully saturated rings. The highest BCUT2D eigenvalue weighted by atomic mass is 16.4. The summed E-state index contributed by atoms with van der Waals surface area (Å²) in [4.78, 5) is 26.4. The van der Waals surface area contributed by atoms with E-state index in [0.29, 0.717) is 6.54 Å². The zero-order chi connectivity index (χ0) is 15.1. The summed E-state index contributed by atoms with van der Waals surface area (Å²) in [5, 5.41) is 21.2. The lowest BCUT2D eigenvalue weighted by Gasteiger charge is -2.22. The Hall–Kier alpha value is -1.34. The van der Waals surface area contributed by atoms with Crippen LogP contribution in [0.15, 0.2) is 0 Å². The first-order valence-electron chi connectivity index (χ1n) is 7.17. The summed E-state index contributed by atoms with van der Waals surface area (Å²) in [5.41, 5.74) is 0. The zero-order valence-electron chi connectivity index (χ0n) is 12.2. The van der Waals surface area contributed by atoms with Crippen LogP contribution in [0.25, 0.3) is 0 Å². The lowest BCUT2D eigenvalue weighted by atomic mass is 10.2. The van der Waals surface area contributed by atoms with Gasteiger partial charge in [-0.2, -0.15) is 0 Å². The number of carbonyl (C=O) groups is 2. The summed E-state index contributed by atoms with van der Waals surface area (Å²) in [6, 6.07) is -1.33. The average Bonchev–Trinajstić information content (AvgIpc) is 2.81. The Morgan fingerprint density at radius 3 is 2.55 bits per heavy atom. The Kier molecular flexibility index (Phi) is 6.74. The van der Waals surface area contributed by atoms with Crippen molar-refractivity contribution in [2.45, 2.75) is 38.8 Å². The fourth-order valence-corrected chi connectivity index (χ4v) is 2.41. The summed E-state index contributed by atoms with van der Waals surface area (Å²) in [6.07, 6.45) is 0.168. The molecule has 116 valence electrons. The number of rotatable bonds is 7. The average molecular weight is 287 g/mol. The smallest absolute Gasteiger partial charge is 0.326 e. The topological polar surface area (TPSA) is 93.1 Å². The van der Waals surface area contributed by atoms with Crippen molar-refractivity contribution < 1.29 is 19.8 Å². The SMILES string of the molecule is CCN(CC)CCCNC(=O)N1CC(O)CC1C(=O)O. The normalized spacial score (nSPS) is 22.3. The third-order valence-corrected chi connectivity index (χ3v) is 3.65. The number of carbonyl (C=O) groups excluding carboxylic acids is 1. The van der Waals surface area contributed by atoms with E-state index in [2.05, 4.69) is 24.1 Å². The minimum atomic E-state index is -1.07. The lowest BCUT2D eigenvalue weighted by Crippen LogP contribution is -2.46. The maximum absolute atomic E-state index is 11.9. The van der Waals surface area contributed by atoms with Gasteiger partial charge in [-0.05, 0) is 26.1 Å². The standard InChI is InChI=1S/C13H25N3O4/c1-3-15(4-2)7-5-6-14-13(20)16-9-10(17)8-11(16)12(18)19/h10-11,17H,3-9H2,1-2H3,(H,14,20)(H,18,19). The molecule has 7 nitrogen and oxygen atoms in total. The molecule has 0 aromatic rings. The number of likely N-dealkylation sites (tertiary alicyclic amines) is 1. The lowest BCUT2D eigenvalue weighted by molar-refractivity contribution is -0.141. The number of aliphatic hydroxyl groups is 1. The van der Waals surface area contributed by atoms with Crippen LogP contribution in [0, 0.1) is 0 Å². The second-order valence-corrected chi connectivity index (χ2v) is 5.01. The van der Waals surface area contributed by atoms with E-state index >= 15 is 0 Å². The van der Waals surface area contributed by atoms with Gasteiger partial charge in [-0.1, -0.05) is 13.8 Å². The number of aliphatic carboxylic acids is 1. The minimum absolute atomic E-state index is 0.0822. The number of hydrogen-bond acceptors (Lipinski definition) is 4. The molecule has 0 bridgehead atoms. The van der Waals surface area contributed by atoms with E-state index in [1.54, 1.807) is 0 Å². The number of carboxylic acids is 1. The van der Waals surface area contributed by atoms with E-state index in [-0.39, 0.29) is 13.0 Å². The highest BCUT2D eigenvalue weighted by Gasteiger charge is 2.38. The summed E-state index contributed by atoms with van der Waals surface area (Å²) in [6.45, 7) is 7.62. The van der Waals surface area contributed by atoms with Crippen molar-refractivity contribution in [3.63, 3.8) is 0 Å². The predicted octanol–water partition coefficient (Wildman–Crippen LogP) is -0.0523. The molecule has 2 amide bonds. The molecule has 0 aromatic carbocycles. The van der Waals surface area contributed by atoms with Gasteiger partial charge in [0.2, 0.25) is 0 Å². The zero-order valence-corrected chi connectivity index (χ0v) is 12.2. The van der Waals surface area contributed by atoms with Crippen LogP contribution in [-0.4, -0.2) is 76.9 Å². The van der Waals surface area contributed by atoms with Gasteiger partial charge in [0.05, 0.1) is 6.10 Å². The Labute approximate surface area is 119 Å². The monoisotopic (exact) mass is 287 g/mol. The molecule has 1 heterocycles. The molecule has 0 saturated carbocycles. The maximum Gasteiger partial charge on any atom is 0.326 e. The van der Waals surface area contributed by atoms with Crippen LogP contribution >= 0.6 is 0 Å². The highest BCUT2D eigenvalue weighted by molar-refractivity contribution is 5.83. The van der Waals surface area contributed by atoms with Gasteiger partial charge in [-0.3, -0.25) is 0 Å². The molecule has 2 atom stereocenters. The molecular formula is C13H25N3O4. The van der Waals surface area contributed by atoms with Crippen molar-refractivity contribution in [3.8, 4) is 0 Å². The number of carboxylic acid groups (broad SMARTS) is 1. The van der Waals surface area contributed by atoms with Gasteiger partial charge in [0.15, 0.2) is 0 Å². The molecule has 0 spiro atoms. The summed E-state index contributed by atoms with van der Waals surface area (Å²) < 4.78 is 0. The van der Waals surface area contributed by atoms with E-state index in [4.69, 9.17) is 5.11 Å². The number of aliphatic hydroxyl groups excluding tert-OH is 1. The first kappa shape index (κ1) is 16.7. The van der Waals surface area contributed by atoms with E-state index < -0.39 is 24.1 Å². The number of nitrogens with zero attached hydrogens (tertiary/aromatic N) is 2. The van der Waals surface area contributed by atoms with Crippen LogP contribution in [0.4, 0.5) is 4.79 Å². The van der Waals surface area contributed by atoms with Crippen molar-refractivity contribution in [3.05, 3.63) is 0 Å². The van der Waals surface area contributed by atoms with Crippen LogP contribution < -0.4 is 5.32 Å². The molecule has 1 aliphatic rings. The van der Waals surface area contributed by atoms with Crippen molar-refractivity contribution >= 4 is 12.0 Å². The molecule has 0 aliphatic carbocycles. The second-order valence-electron chi connectivity index (χ2n) is 5.01. The Balaban J connectivity index is 2.33. The van der Waals surface area contributed by atoms with E-state index in [9.17, 15) is 14.7 Å². The van der Waals surface area contributed by atoms with E-state index in [1.165, 1.54) is 4.90 Å². The quantitative estimate of drug-likeness (QED) is 0.571. The Morgan fingerprint density at radius 2 is 2.00 bits per heavy atom. The Morgan fingerprint density at radius 1 is 1.35 bits per heavy atom. The number of β-amino-alcohol motifs (C(OH)–C–C–N with tert-alkyl or cyclic N) is 1. The van der Waals surface area contributed by atoms with Gasteiger partial charge in [-0.15, -0.1) is 0 Å². The highest BCUT2D eigenvalue weighted by Crippen LogP contribution is 2.17. The number of hydrogen-bond donors (Lipinski definition) is 3. The molecule has 0 radical (unpaired) electrons. The minimum Gasteiger partial charge on any atom is -0.480 e. The van der Waals surface area contributed by atoms with E-state index in [1.807, 2.05) is 0 Å². The fourth-order valence-electron chi connectivity index (χ4n) is 2.41. The largest absolute Gasteiger partial charge is 0.480 e. The van der Waals surface area contributed by atoms with Gasteiger partial charge in [0.1, 0.15) is 6.04 Å². The molecule has 3 N–H and O–H groups in total. The van der Waals surface area contributed by atoms with Gasteiger partial charge < -0.3 is 25.3 Å². The van der Waals surface area contributed by atoms with Gasteiger partial charge in [-0.25, -0.2) is 9.59 Å². The molecule has 1 saturated heterocycles. The van der Waals surface area contributed by atoms with Crippen molar-refractivity contribution in [1.29, 1.82) is 0 Å². The predicted molar refractivity (Wildman–Crippen MR) is 74.6 cm³/mol. The maximum atomic E-state index is 11.9. The van der Waals surface area contributed by atoms with Gasteiger partial charge in [0, 0.05) is 19.5 Å². The summed E-state index contributed by atoms with van der Waals surface area (Å²) in [7, 11) is 0. The third kappa shape index (κ3) is 4.64. The number of urea groups is 1. The van der Waals surface area contributed by atoms with Crippen molar-refractivity contribution in [1.82, 2.24) is 15.1 Å². The molecular weight excluding hydrogens is 262 g/mol.